The molecule has 0 amide bonds. The molecule has 2 aromatic rings. The highest BCUT2D eigenvalue weighted by Gasteiger charge is 2.23. The Morgan fingerprint density at radius 3 is 2.88 bits per heavy atom. The SMILES string of the molecule is Cc1ccc2c(c1)C(c1cccc(F)c1)NC2. The highest BCUT2D eigenvalue weighted by molar-refractivity contribution is 5.42. The van der Waals surface area contributed by atoms with Crippen molar-refractivity contribution in [2.45, 2.75) is 19.5 Å². The van der Waals surface area contributed by atoms with E-state index in [0.29, 0.717) is 0 Å². The van der Waals surface area contributed by atoms with Crippen LogP contribution in [-0.2, 0) is 6.54 Å². The molecule has 2 heteroatoms. The van der Waals surface area contributed by atoms with Gasteiger partial charge < -0.3 is 5.32 Å². The van der Waals surface area contributed by atoms with Crippen LogP contribution < -0.4 is 5.32 Å². The maximum absolute atomic E-state index is 13.2. The van der Waals surface area contributed by atoms with Crippen LogP contribution in [0.25, 0.3) is 0 Å². The van der Waals surface area contributed by atoms with Crippen LogP contribution in [0.15, 0.2) is 42.5 Å². The molecule has 1 N–H and O–H groups in total. The summed E-state index contributed by atoms with van der Waals surface area (Å²) in [6.07, 6.45) is 0. The second kappa shape index (κ2) is 3.97. The van der Waals surface area contributed by atoms with Crippen molar-refractivity contribution in [1.29, 1.82) is 0 Å². The van der Waals surface area contributed by atoms with E-state index >= 15 is 0 Å². The first-order chi connectivity index (χ1) is 8.24. The van der Waals surface area contributed by atoms with Crippen LogP contribution in [0.4, 0.5) is 4.39 Å². The van der Waals surface area contributed by atoms with Crippen molar-refractivity contribution in [1.82, 2.24) is 5.32 Å². The molecule has 1 aliphatic heterocycles. The molecule has 0 spiro atoms. The molecule has 0 aliphatic carbocycles. The van der Waals surface area contributed by atoms with Crippen LogP contribution in [0.1, 0.15) is 28.3 Å². The Labute approximate surface area is 100 Å². The molecule has 0 fully saturated rings. The molecule has 3 rings (SSSR count). The van der Waals surface area contributed by atoms with Crippen molar-refractivity contribution in [3.63, 3.8) is 0 Å². The molecule has 1 nitrogen and oxygen atoms in total. The van der Waals surface area contributed by atoms with Gasteiger partial charge in [0.25, 0.3) is 0 Å². The van der Waals surface area contributed by atoms with E-state index < -0.39 is 0 Å². The molecule has 1 atom stereocenters. The Balaban J connectivity index is 2.06. The second-order valence-corrected chi connectivity index (χ2v) is 4.57. The molecule has 0 bridgehead atoms. The minimum absolute atomic E-state index is 0.126. The standard InChI is InChI=1S/C15H14FN/c1-10-5-6-12-9-17-15(14(12)7-10)11-3-2-4-13(16)8-11/h2-8,15,17H,9H2,1H3. The van der Waals surface area contributed by atoms with E-state index in [1.165, 1.54) is 22.8 Å². The van der Waals surface area contributed by atoms with Gasteiger partial charge in [-0.15, -0.1) is 0 Å². The lowest BCUT2D eigenvalue weighted by Gasteiger charge is -2.13. The average molecular weight is 227 g/mol. The summed E-state index contributed by atoms with van der Waals surface area (Å²) >= 11 is 0. The minimum Gasteiger partial charge on any atom is -0.302 e. The molecular formula is C15H14FN. The summed E-state index contributed by atoms with van der Waals surface area (Å²) in [5.74, 6) is -0.176. The summed E-state index contributed by atoms with van der Waals surface area (Å²) in [5.41, 5.74) is 4.82. The first-order valence-electron chi connectivity index (χ1n) is 5.82. The normalized spacial score (nSPS) is 18.1. The third kappa shape index (κ3) is 1.85. The third-order valence-electron chi connectivity index (χ3n) is 3.29. The minimum atomic E-state index is -0.176. The summed E-state index contributed by atoms with van der Waals surface area (Å²) in [6, 6.07) is 13.4. The first kappa shape index (κ1) is 10.5. The maximum Gasteiger partial charge on any atom is 0.123 e. The number of fused-ring (bicyclic) bond motifs is 1. The van der Waals surface area contributed by atoms with Gasteiger partial charge in [-0.3, -0.25) is 0 Å². The van der Waals surface area contributed by atoms with Crippen LogP contribution >= 0.6 is 0 Å². The molecule has 1 unspecified atom stereocenters. The fourth-order valence-electron chi connectivity index (χ4n) is 2.45. The summed E-state index contributed by atoms with van der Waals surface area (Å²) in [4.78, 5) is 0. The lowest BCUT2D eigenvalue weighted by molar-refractivity contribution is 0.614. The predicted molar refractivity (Wildman–Crippen MR) is 66.3 cm³/mol. The number of hydrogen-bond donors (Lipinski definition) is 1. The van der Waals surface area contributed by atoms with E-state index in [9.17, 15) is 4.39 Å². The Kier molecular flexibility index (Phi) is 2.45. The van der Waals surface area contributed by atoms with E-state index in [-0.39, 0.29) is 11.9 Å². The van der Waals surface area contributed by atoms with Gasteiger partial charge in [-0.25, -0.2) is 4.39 Å². The molecule has 0 radical (unpaired) electrons. The summed E-state index contributed by atoms with van der Waals surface area (Å²) in [6.45, 7) is 2.94. The first-order valence-corrected chi connectivity index (χ1v) is 5.82. The van der Waals surface area contributed by atoms with Gasteiger partial charge in [0.05, 0.1) is 6.04 Å². The number of aryl methyl sites for hydroxylation is 1. The van der Waals surface area contributed by atoms with Gasteiger partial charge in [0.1, 0.15) is 5.82 Å². The summed E-state index contributed by atoms with van der Waals surface area (Å²) in [7, 11) is 0. The zero-order chi connectivity index (χ0) is 11.8. The molecule has 0 aromatic heterocycles. The monoisotopic (exact) mass is 227 g/mol. The zero-order valence-electron chi connectivity index (χ0n) is 9.70. The second-order valence-electron chi connectivity index (χ2n) is 4.57. The molecular weight excluding hydrogens is 213 g/mol. The van der Waals surface area contributed by atoms with Crippen molar-refractivity contribution in [3.05, 3.63) is 70.5 Å². The Morgan fingerprint density at radius 2 is 2.06 bits per heavy atom. The van der Waals surface area contributed by atoms with Crippen LogP contribution in [0, 0.1) is 12.7 Å². The van der Waals surface area contributed by atoms with E-state index in [1.54, 1.807) is 12.1 Å². The topological polar surface area (TPSA) is 12.0 Å². The van der Waals surface area contributed by atoms with E-state index in [4.69, 9.17) is 0 Å². The summed E-state index contributed by atoms with van der Waals surface area (Å²) < 4.78 is 13.2. The predicted octanol–water partition coefficient (Wildman–Crippen LogP) is 3.33. The molecule has 0 saturated carbocycles. The molecule has 1 heterocycles. The van der Waals surface area contributed by atoms with Crippen LogP contribution in [-0.4, -0.2) is 0 Å². The van der Waals surface area contributed by atoms with Gasteiger partial charge in [0.15, 0.2) is 0 Å². The Morgan fingerprint density at radius 1 is 1.18 bits per heavy atom. The van der Waals surface area contributed by atoms with Gasteiger partial charge >= 0.3 is 0 Å². The van der Waals surface area contributed by atoms with Crippen molar-refractivity contribution in [2.24, 2.45) is 0 Å². The van der Waals surface area contributed by atoms with E-state index in [2.05, 4.69) is 30.4 Å². The van der Waals surface area contributed by atoms with Gasteiger partial charge in [-0.1, -0.05) is 35.9 Å². The summed E-state index contributed by atoms with van der Waals surface area (Å²) in [5, 5.41) is 3.43. The van der Waals surface area contributed by atoms with Crippen LogP contribution in [0.3, 0.4) is 0 Å². The lowest BCUT2D eigenvalue weighted by Crippen LogP contribution is -2.13. The number of halogens is 1. The number of hydrogen-bond acceptors (Lipinski definition) is 1. The fraction of sp³-hybridized carbons (Fsp3) is 0.200. The largest absolute Gasteiger partial charge is 0.302 e. The van der Waals surface area contributed by atoms with Crippen LogP contribution in [0.5, 0.6) is 0 Å². The molecule has 0 saturated heterocycles. The smallest absolute Gasteiger partial charge is 0.123 e. The molecule has 17 heavy (non-hydrogen) atoms. The van der Waals surface area contributed by atoms with Crippen molar-refractivity contribution < 1.29 is 4.39 Å². The number of nitrogens with one attached hydrogen (secondary N) is 1. The lowest BCUT2D eigenvalue weighted by atomic mass is 9.97. The Hall–Kier alpha value is -1.67. The zero-order valence-corrected chi connectivity index (χ0v) is 9.70. The van der Waals surface area contributed by atoms with E-state index in [0.717, 1.165) is 12.1 Å². The Bertz CT molecular complexity index is 563. The molecule has 2 aromatic carbocycles. The van der Waals surface area contributed by atoms with E-state index in [1.807, 2.05) is 6.07 Å². The van der Waals surface area contributed by atoms with Crippen molar-refractivity contribution in [2.75, 3.05) is 0 Å². The maximum atomic E-state index is 13.2. The molecule has 86 valence electrons. The average Bonchev–Trinajstić information content (AvgIpc) is 2.71. The van der Waals surface area contributed by atoms with Gasteiger partial charge in [0.2, 0.25) is 0 Å². The molecule has 1 aliphatic rings. The highest BCUT2D eigenvalue weighted by Crippen LogP contribution is 2.31. The third-order valence-corrected chi connectivity index (χ3v) is 3.29. The number of benzene rings is 2. The van der Waals surface area contributed by atoms with Gasteiger partial charge in [-0.2, -0.15) is 0 Å². The van der Waals surface area contributed by atoms with Crippen molar-refractivity contribution >= 4 is 0 Å². The van der Waals surface area contributed by atoms with Crippen molar-refractivity contribution in [3.8, 4) is 0 Å². The van der Waals surface area contributed by atoms with Gasteiger partial charge in [0, 0.05) is 6.54 Å². The van der Waals surface area contributed by atoms with Gasteiger partial charge in [-0.05, 0) is 35.7 Å². The fourth-order valence-corrected chi connectivity index (χ4v) is 2.45. The quantitative estimate of drug-likeness (QED) is 0.788. The number of rotatable bonds is 1. The van der Waals surface area contributed by atoms with Crippen LogP contribution in [0.2, 0.25) is 0 Å². The highest BCUT2D eigenvalue weighted by atomic mass is 19.1.